The molecule has 2 heterocycles. The lowest BCUT2D eigenvalue weighted by Gasteiger charge is -2.39. The van der Waals surface area contributed by atoms with Crippen LogP contribution < -0.4 is 0 Å². The van der Waals surface area contributed by atoms with Crippen molar-refractivity contribution in [3.8, 4) is 0 Å². The van der Waals surface area contributed by atoms with Crippen LogP contribution in [0.15, 0.2) is 18.7 Å². The molecule has 5 heteroatoms. The normalized spacial score (nSPS) is 23.5. The lowest BCUT2D eigenvalue weighted by molar-refractivity contribution is -0.183. The molecule has 0 atom stereocenters. The summed E-state index contributed by atoms with van der Waals surface area (Å²) in [5, 5.41) is 0. The Hall–Kier alpha value is -0.910. The summed E-state index contributed by atoms with van der Waals surface area (Å²) in [6, 6.07) is 0.655. The van der Waals surface area contributed by atoms with E-state index in [0.717, 1.165) is 39.1 Å². The van der Waals surface area contributed by atoms with Gasteiger partial charge in [0.05, 0.1) is 19.5 Å². The van der Waals surface area contributed by atoms with Crippen LogP contribution in [-0.2, 0) is 16.0 Å². The molecule has 2 fully saturated rings. The zero-order valence-corrected chi connectivity index (χ0v) is 11.6. The number of aromatic nitrogens is 2. The van der Waals surface area contributed by atoms with Crippen LogP contribution in [0.1, 0.15) is 25.7 Å². The molecule has 3 rings (SSSR count). The molecule has 19 heavy (non-hydrogen) atoms. The van der Waals surface area contributed by atoms with Crippen LogP contribution in [0.25, 0.3) is 0 Å². The standard InChI is InChI=1S/C14H23N3O2/c1-16(8-9-17-7-6-15-12-17)13-2-4-14(5-3-13)18-10-11-19-14/h6-7,12-13H,2-5,8-11H2,1H3. The Morgan fingerprint density at radius 1 is 1.32 bits per heavy atom. The Bertz CT molecular complexity index is 377. The monoisotopic (exact) mass is 265 g/mol. The predicted octanol–water partition coefficient (Wildman–Crippen LogP) is 1.50. The van der Waals surface area contributed by atoms with E-state index in [-0.39, 0.29) is 5.79 Å². The van der Waals surface area contributed by atoms with Gasteiger partial charge in [0.1, 0.15) is 0 Å². The van der Waals surface area contributed by atoms with E-state index in [1.54, 1.807) is 0 Å². The highest BCUT2D eigenvalue weighted by Crippen LogP contribution is 2.36. The van der Waals surface area contributed by atoms with Crippen LogP contribution in [0, 0.1) is 0 Å². The highest BCUT2D eigenvalue weighted by molar-refractivity contribution is 4.86. The third-order valence-electron chi connectivity index (χ3n) is 4.42. The van der Waals surface area contributed by atoms with E-state index < -0.39 is 0 Å². The first-order valence-corrected chi connectivity index (χ1v) is 7.21. The number of nitrogens with zero attached hydrogens (tertiary/aromatic N) is 3. The largest absolute Gasteiger partial charge is 0.348 e. The van der Waals surface area contributed by atoms with E-state index in [4.69, 9.17) is 9.47 Å². The molecule has 0 aromatic carbocycles. The molecule has 1 aliphatic carbocycles. The predicted molar refractivity (Wildman–Crippen MR) is 71.7 cm³/mol. The SMILES string of the molecule is CN(CCn1ccnc1)C1CCC2(CC1)OCCO2. The number of likely N-dealkylation sites (N-methyl/N-ethyl adjacent to an activating group) is 1. The molecular formula is C14H23N3O2. The van der Waals surface area contributed by atoms with Gasteiger partial charge in [0.25, 0.3) is 0 Å². The van der Waals surface area contributed by atoms with Gasteiger partial charge in [0.2, 0.25) is 0 Å². The maximum absolute atomic E-state index is 5.78. The maximum atomic E-state index is 5.78. The molecule has 0 unspecified atom stereocenters. The average Bonchev–Trinajstić information content (AvgIpc) is 3.09. The van der Waals surface area contributed by atoms with E-state index >= 15 is 0 Å². The van der Waals surface area contributed by atoms with Gasteiger partial charge in [-0.3, -0.25) is 0 Å². The van der Waals surface area contributed by atoms with Gasteiger partial charge in [-0.2, -0.15) is 0 Å². The van der Waals surface area contributed by atoms with Crippen molar-refractivity contribution in [2.75, 3.05) is 26.8 Å². The molecule has 1 aromatic heterocycles. The average molecular weight is 265 g/mol. The first kappa shape index (κ1) is 13.1. The summed E-state index contributed by atoms with van der Waals surface area (Å²) in [5.74, 6) is -0.234. The summed E-state index contributed by atoms with van der Waals surface area (Å²) < 4.78 is 13.7. The van der Waals surface area contributed by atoms with Crippen LogP contribution in [0.2, 0.25) is 0 Å². The van der Waals surface area contributed by atoms with Gasteiger partial charge in [0, 0.05) is 44.4 Å². The number of ether oxygens (including phenoxy) is 2. The molecule has 1 saturated carbocycles. The summed E-state index contributed by atoms with van der Waals surface area (Å²) >= 11 is 0. The smallest absolute Gasteiger partial charge is 0.168 e. The first-order valence-electron chi connectivity index (χ1n) is 7.21. The number of hydrogen-bond donors (Lipinski definition) is 0. The van der Waals surface area contributed by atoms with Crippen molar-refractivity contribution in [1.29, 1.82) is 0 Å². The molecule has 1 saturated heterocycles. The maximum Gasteiger partial charge on any atom is 0.168 e. The van der Waals surface area contributed by atoms with E-state index in [0.29, 0.717) is 6.04 Å². The van der Waals surface area contributed by atoms with E-state index in [2.05, 4.69) is 21.5 Å². The minimum atomic E-state index is -0.234. The van der Waals surface area contributed by atoms with Gasteiger partial charge in [-0.15, -0.1) is 0 Å². The highest BCUT2D eigenvalue weighted by Gasteiger charge is 2.40. The molecule has 0 N–H and O–H groups in total. The second-order valence-electron chi connectivity index (χ2n) is 5.62. The summed E-state index contributed by atoms with van der Waals surface area (Å²) in [5.41, 5.74) is 0. The van der Waals surface area contributed by atoms with Crippen molar-refractivity contribution in [3.05, 3.63) is 18.7 Å². The van der Waals surface area contributed by atoms with Crippen molar-refractivity contribution in [1.82, 2.24) is 14.5 Å². The van der Waals surface area contributed by atoms with Gasteiger partial charge >= 0.3 is 0 Å². The van der Waals surface area contributed by atoms with Crippen molar-refractivity contribution in [2.24, 2.45) is 0 Å². The molecule has 2 aliphatic rings. The van der Waals surface area contributed by atoms with Gasteiger partial charge in [0.15, 0.2) is 5.79 Å². The Kier molecular flexibility index (Phi) is 3.86. The van der Waals surface area contributed by atoms with Crippen LogP contribution >= 0.6 is 0 Å². The summed E-state index contributed by atoms with van der Waals surface area (Å²) in [4.78, 5) is 6.53. The third-order valence-corrected chi connectivity index (χ3v) is 4.42. The quantitative estimate of drug-likeness (QED) is 0.827. The number of rotatable bonds is 4. The van der Waals surface area contributed by atoms with Gasteiger partial charge < -0.3 is 18.9 Å². The molecule has 0 bridgehead atoms. The van der Waals surface area contributed by atoms with Crippen molar-refractivity contribution < 1.29 is 9.47 Å². The molecular weight excluding hydrogens is 242 g/mol. The van der Waals surface area contributed by atoms with Crippen LogP contribution in [0.5, 0.6) is 0 Å². The molecule has 5 nitrogen and oxygen atoms in total. The fourth-order valence-electron chi connectivity index (χ4n) is 3.14. The Balaban J connectivity index is 1.45. The number of hydrogen-bond acceptors (Lipinski definition) is 4. The zero-order valence-electron chi connectivity index (χ0n) is 11.6. The second-order valence-corrected chi connectivity index (χ2v) is 5.62. The lowest BCUT2D eigenvalue weighted by Crippen LogP contribution is -2.43. The number of imidazole rings is 1. The van der Waals surface area contributed by atoms with Gasteiger partial charge in [-0.1, -0.05) is 0 Å². The summed E-state index contributed by atoms with van der Waals surface area (Å²) in [6.45, 7) is 3.60. The first-order chi connectivity index (χ1) is 9.27. The van der Waals surface area contributed by atoms with Crippen molar-refractivity contribution >= 4 is 0 Å². The summed E-state index contributed by atoms with van der Waals surface area (Å²) in [6.07, 6.45) is 10.1. The molecule has 1 aliphatic heterocycles. The van der Waals surface area contributed by atoms with Crippen LogP contribution in [0.4, 0.5) is 0 Å². The minimum absolute atomic E-state index is 0.234. The molecule has 106 valence electrons. The fourth-order valence-corrected chi connectivity index (χ4v) is 3.14. The third kappa shape index (κ3) is 2.99. The van der Waals surface area contributed by atoms with Crippen molar-refractivity contribution in [2.45, 2.75) is 44.1 Å². The van der Waals surface area contributed by atoms with Gasteiger partial charge in [-0.05, 0) is 19.9 Å². The van der Waals surface area contributed by atoms with Crippen LogP contribution in [0.3, 0.4) is 0 Å². The minimum Gasteiger partial charge on any atom is -0.348 e. The Morgan fingerprint density at radius 2 is 2.05 bits per heavy atom. The van der Waals surface area contributed by atoms with E-state index in [1.165, 1.54) is 12.8 Å². The topological polar surface area (TPSA) is 39.5 Å². The molecule has 0 radical (unpaired) electrons. The van der Waals surface area contributed by atoms with Crippen LogP contribution in [-0.4, -0.2) is 53.1 Å². The fraction of sp³-hybridized carbons (Fsp3) is 0.786. The van der Waals surface area contributed by atoms with E-state index in [1.807, 2.05) is 18.7 Å². The summed E-state index contributed by atoms with van der Waals surface area (Å²) in [7, 11) is 2.22. The second kappa shape index (κ2) is 5.61. The Labute approximate surface area is 114 Å². The van der Waals surface area contributed by atoms with Crippen molar-refractivity contribution in [3.63, 3.8) is 0 Å². The highest BCUT2D eigenvalue weighted by atomic mass is 16.7. The lowest BCUT2D eigenvalue weighted by atomic mass is 9.89. The molecule has 0 amide bonds. The van der Waals surface area contributed by atoms with Gasteiger partial charge in [-0.25, -0.2) is 4.98 Å². The zero-order chi connectivity index (χ0) is 13.1. The van der Waals surface area contributed by atoms with E-state index in [9.17, 15) is 0 Å². The Morgan fingerprint density at radius 3 is 2.68 bits per heavy atom. The molecule has 1 spiro atoms. The molecule has 1 aromatic rings.